The molecule has 76 heavy (non-hydrogen) atoms. The molecule has 0 aliphatic carbocycles. The maximum absolute atomic E-state index is 2.51. The van der Waals surface area contributed by atoms with E-state index >= 15 is 0 Å². The molecule has 13 aromatic carbocycles. The molecule has 0 N–H and O–H groups in total. The quantitative estimate of drug-likeness (QED) is 0.142. The van der Waals surface area contributed by atoms with Gasteiger partial charge in [-0.3, -0.25) is 0 Å². The Hall–Kier alpha value is -9.32. The van der Waals surface area contributed by atoms with Crippen LogP contribution in [0, 0.1) is 0 Å². The van der Waals surface area contributed by atoms with Crippen molar-refractivity contribution in [2.75, 3.05) is 9.80 Å². The predicted molar refractivity (Wildman–Crippen MR) is 330 cm³/mol. The minimum Gasteiger partial charge on any atom is -0.309 e. The molecule has 0 aliphatic heterocycles. The van der Waals surface area contributed by atoms with Crippen molar-refractivity contribution in [2.24, 2.45) is 0 Å². The number of hydrogen-bond acceptors (Lipinski definition) is 4. The Labute approximate surface area is 448 Å². The van der Waals surface area contributed by atoms with Crippen LogP contribution in [0.3, 0.4) is 0 Å². The molecule has 0 atom stereocenters. The van der Waals surface area contributed by atoms with Gasteiger partial charge < -0.3 is 9.80 Å². The Bertz CT molecular complexity index is 4720. The Morgan fingerprint density at radius 2 is 0.789 bits per heavy atom. The van der Waals surface area contributed by atoms with Gasteiger partial charge in [-0.2, -0.15) is 0 Å². The summed E-state index contributed by atoms with van der Waals surface area (Å²) in [5.41, 5.74) is 13.7. The molecular formula is C72H46N2S2. The van der Waals surface area contributed by atoms with Gasteiger partial charge in [-0.25, -0.2) is 0 Å². The Balaban J connectivity index is 0.950. The largest absolute Gasteiger partial charge is 0.309 e. The van der Waals surface area contributed by atoms with E-state index in [1.807, 2.05) is 22.7 Å². The zero-order chi connectivity index (χ0) is 50.1. The molecule has 0 spiro atoms. The molecule has 2 aromatic heterocycles. The van der Waals surface area contributed by atoms with E-state index in [0.717, 1.165) is 45.3 Å². The third-order valence-electron chi connectivity index (χ3n) is 15.2. The van der Waals surface area contributed by atoms with Crippen LogP contribution < -0.4 is 9.80 Å². The number of para-hydroxylation sites is 1. The summed E-state index contributed by atoms with van der Waals surface area (Å²) in [6.07, 6.45) is 0. The summed E-state index contributed by atoms with van der Waals surface area (Å²) in [4.78, 5) is 5.02. The first-order valence-corrected chi connectivity index (χ1v) is 27.5. The van der Waals surface area contributed by atoms with Gasteiger partial charge in [-0.1, -0.05) is 200 Å². The van der Waals surface area contributed by atoms with E-state index in [4.69, 9.17) is 0 Å². The normalized spacial score (nSPS) is 11.7. The van der Waals surface area contributed by atoms with Crippen molar-refractivity contribution in [3.63, 3.8) is 0 Å². The molecule has 0 saturated carbocycles. The number of benzene rings is 13. The number of thiophene rings is 2. The number of anilines is 6. The molecule has 0 saturated heterocycles. The Morgan fingerprint density at radius 3 is 1.63 bits per heavy atom. The molecule has 2 heterocycles. The van der Waals surface area contributed by atoms with Gasteiger partial charge in [0, 0.05) is 62.7 Å². The Kier molecular flexibility index (Phi) is 10.6. The lowest BCUT2D eigenvalue weighted by Crippen LogP contribution is -2.12. The van der Waals surface area contributed by atoms with Gasteiger partial charge in [0.1, 0.15) is 0 Å². The minimum absolute atomic E-state index is 1.08. The van der Waals surface area contributed by atoms with Gasteiger partial charge in [-0.05, 0) is 134 Å². The SMILES string of the molecule is c1ccc(-c2ccc(N(c3cccc(-c4ccccc4N(c4ccc(-c5ccc6ccccc6c5)cc4)c4cccc5sc6ccc7ccccc7c6c45)c3)c3cccc4sc5ccccc5c34)c3ccccc23)cc1. The van der Waals surface area contributed by atoms with Crippen LogP contribution in [0.25, 0.3) is 106 Å². The van der Waals surface area contributed by atoms with Gasteiger partial charge in [-0.15, -0.1) is 22.7 Å². The molecular weight excluding hydrogens is 957 g/mol. The highest BCUT2D eigenvalue weighted by Crippen LogP contribution is 2.51. The zero-order valence-electron chi connectivity index (χ0n) is 41.3. The molecule has 356 valence electrons. The number of hydrogen-bond donors (Lipinski definition) is 0. The lowest BCUT2D eigenvalue weighted by Gasteiger charge is -2.30. The van der Waals surface area contributed by atoms with E-state index < -0.39 is 0 Å². The summed E-state index contributed by atoms with van der Waals surface area (Å²) in [5, 5.41) is 12.5. The summed E-state index contributed by atoms with van der Waals surface area (Å²) in [5.74, 6) is 0. The number of nitrogens with zero attached hydrogens (tertiary/aromatic N) is 2. The third-order valence-corrected chi connectivity index (χ3v) is 17.5. The highest BCUT2D eigenvalue weighted by molar-refractivity contribution is 7.26. The molecule has 15 aromatic rings. The molecule has 0 amide bonds. The van der Waals surface area contributed by atoms with Crippen molar-refractivity contribution < 1.29 is 0 Å². The summed E-state index contributed by atoms with van der Waals surface area (Å²) >= 11 is 3.73. The maximum Gasteiger partial charge on any atom is 0.0555 e. The number of fused-ring (bicyclic) bond motifs is 10. The van der Waals surface area contributed by atoms with Crippen LogP contribution in [0.5, 0.6) is 0 Å². The summed E-state index contributed by atoms with van der Waals surface area (Å²) in [6.45, 7) is 0. The van der Waals surface area contributed by atoms with E-state index in [0.29, 0.717) is 0 Å². The van der Waals surface area contributed by atoms with Crippen LogP contribution in [0.2, 0.25) is 0 Å². The van der Waals surface area contributed by atoms with Crippen molar-refractivity contribution in [1.29, 1.82) is 0 Å². The molecule has 0 fully saturated rings. The molecule has 0 unspecified atom stereocenters. The molecule has 0 aliphatic rings. The first-order chi connectivity index (χ1) is 37.7. The molecule has 4 heteroatoms. The van der Waals surface area contributed by atoms with Crippen molar-refractivity contribution in [2.45, 2.75) is 0 Å². The first kappa shape index (κ1) is 44.2. The van der Waals surface area contributed by atoms with Gasteiger partial charge in [0.2, 0.25) is 0 Å². The standard InChI is InChI=1S/C72H46N2S2/c1-2-18-49(19-3-1)56-42-43-63(60-27-9-8-26-59(56)60)74(64-30-15-33-67-70(64)61-28-11-13-32-66(61)75-67)55-23-14-22-53(46-55)57-24-10-12-29-62(57)73(54-40-37-48(38-41-54)52-36-35-47-17-4-5-21-51(47)45-52)65-31-16-34-68-72(65)71-58-25-7-6-20-50(58)39-44-69(71)76-68/h1-46H. The number of rotatable bonds is 9. The second kappa shape index (κ2) is 18.3. The lowest BCUT2D eigenvalue weighted by molar-refractivity contribution is 1.29. The highest BCUT2D eigenvalue weighted by atomic mass is 32.1. The van der Waals surface area contributed by atoms with Crippen LogP contribution in [-0.2, 0) is 0 Å². The fraction of sp³-hybridized carbons (Fsp3) is 0. The second-order valence-electron chi connectivity index (χ2n) is 19.6. The summed E-state index contributed by atoms with van der Waals surface area (Å²) < 4.78 is 5.09. The van der Waals surface area contributed by atoms with Crippen molar-refractivity contribution >= 4 is 129 Å². The van der Waals surface area contributed by atoms with Crippen molar-refractivity contribution in [3.8, 4) is 33.4 Å². The molecule has 0 radical (unpaired) electrons. The fourth-order valence-electron chi connectivity index (χ4n) is 11.8. The smallest absolute Gasteiger partial charge is 0.0555 e. The lowest BCUT2D eigenvalue weighted by atomic mass is 9.95. The highest BCUT2D eigenvalue weighted by Gasteiger charge is 2.25. The van der Waals surface area contributed by atoms with Gasteiger partial charge in [0.25, 0.3) is 0 Å². The van der Waals surface area contributed by atoms with E-state index in [1.54, 1.807) is 0 Å². The van der Waals surface area contributed by atoms with E-state index in [1.165, 1.54) is 94.9 Å². The van der Waals surface area contributed by atoms with Gasteiger partial charge in [0.15, 0.2) is 0 Å². The predicted octanol–water partition coefficient (Wildman–Crippen LogP) is 21.8. The fourth-order valence-corrected chi connectivity index (χ4v) is 14.0. The van der Waals surface area contributed by atoms with E-state index in [-0.39, 0.29) is 0 Å². The monoisotopic (exact) mass is 1000 g/mol. The third kappa shape index (κ3) is 7.37. The van der Waals surface area contributed by atoms with Gasteiger partial charge in [0.05, 0.1) is 22.7 Å². The minimum atomic E-state index is 1.08. The van der Waals surface area contributed by atoms with Crippen molar-refractivity contribution in [3.05, 3.63) is 279 Å². The van der Waals surface area contributed by atoms with Crippen LogP contribution >= 0.6 is 22.7 Å². The average Bonchev–Trinajstić information content (AvgIpc) is 4.10. The molecule has 0 bridgehead atoms. The van der Waals surface area contributed by atoms with E-state index in [2.05, 4.69) is 289 Å². The molecule has 2 nitrogen and oxygen atoms in total. The van der Waals surface area contributed by atoms with E-state index in [9.17, 15) is 0 Å². The molecule has 15 rings (SSSR count). The summed E-state index contributed by atoms with van der Waals surface area (Å²) in [7, 11) is 0. The van der Waals surface area contributed by atoms with Crippen molar-refractivity contribution in [1.82, 2.24) is 0 Å². The first-order valence-electron chi connectivity index (χ1n) is 25.9. The van der Waals surface area contributed by atoms with Gasteiger partial charge >= 0.3 is 0 Å². The summed E-state index contributed by atoms with van der Waals surface area (Å²) in [6, 6.07) is 103. The Morgan fingerprint density at radius 1 is 0.224 bits per heavy atom. The maximum atomic E-state index is 2.51. The van der Waals surface area contributed by atoms with Crippen LogP contribution in [0.1, 0.15) is 0 Å². The second-order valence-corrected chi connectivity index (χ2v) is 21.7. The van der Waals surface area contributed by atoms with Crippen LogP contribution in [0.15, 0.2) is 279 Å². The van der Waals surface area contributed by atoms with Crippen LogP contribution in [-0.4, -0.2) is 0 Å². The average molecular weight is 1000 g/mol. The topological polar surface area (TPSA) is 6.48 Å². The van der Waals surface area contributed by atoms with Crippen LogP contribution in [0.4, 0.5) is 34.1 Å². The zero-order valence-corrected chi connectivity index (χ0v) is 42.9.